The van der Waals surface area contributed by atoms with Gasteiger partial charge in [0.1, 0.15) is 5.69 Å². The SMILES string of the molecule is CN(C)Cc1cncc(-c2cc3c(-c4cc5c(N6CCN(C)CC6)cccc5[nH]4)n[nH]c3cn2)c1. The molecule has 1 aromatic carbocycles. The first kappa shape index (κ1) is 21.8. The second-order valence-corrected chi connectivity index (χ2v) is 9.72. The van der Waals surface area contributed by atoms with Gasteiger partial charge in [-0.1, -0.05) is 6.07 Å². The van der Waals surface area contributed by atoms with Crippen LogP contribution in [0.1, 0.15) is 5.56 Å². The van der Waals surface area contributed by atoms with E-state index in [1.165, 1.54) is 11.1 Å². The zero-order valence-corrected chi connectivity index (χ0v) is 20.4. The van der Waals surface area contributed by atoms with Gasteiger partial charge in [-0.25, -0.2) is 0 Å². The summed E-state index contributed by atoms with van der Waals surface area (Å²) in [4.78, 5) is 19.7. The molecule has 5 heterocycles. The molecule has 5 aromatic rings. The average molecular weight is 467 g/mol. The van der Waals surface area contributed by atoms with Crippen molar-refractivity contribution in [3.63, 3.8) is 0 Å². The zero-order chi connectivity index (χ0) is 23.9. The van der Waals surface area contributed by atoms with E-state index in [1.807, 2.05) is 18.6 Å². The highest BCUT2D eigenvalue weighted by atomic mass is 15.2. The number of aromatic amines is 2. The second-order valence-electron chi connectivity index (χ2n) is 9.72. The molecule has 1 aliphatic rings. The number of H-pyrrole nitrogens is 2. The topological polar surface area (TPSA) is 80.0 Å². The Morgan fingerprint density at radius 3 is 2.63 bits per heavy atom. The minimum atomic E-state index is 0.838. The molecule has 0 spiro atoms. The predicted molar refractivity (Wildman–Crippen MR) is 142 cm³/mol. The molecule has 0 amide bonds. The largest absolute Gasteiger partial charge is 0.368 e. The molecule has 0 saturated carbocycles. The number of piperazine rings is 1. The first-order valence-electron chi connectivity index (χ1n) is 12.0. The number of nitrogens with zero attached hydrogens (tertiary/aromatic N) is 6. The lowest BCUT2D eigenvalue weighted by molar-refractivity contribution is 0.313. The molecular formula is C27H30N8. The maximum Gasteiger partial charge on any atom is 0.116 e. The highest BCUT2D eigenvalue weighted by Gasteiger charge is 2.19. The van der Waals surface area contributed by atoms with E-state index >= 15 is 0 Å². The lowest BCUT2D eigenvalue weighted by atomic mass is 10.1. The van der Waals surface area contributed by atoms with Crippen molar-refractivity contribution in [1.82, 2.24) is 34.9 Å². The summed E-state index contributed by atoms with van der Waals surface area (Å²) in [6, 6.07) is 13.0. The molecule has 8 heteroatoms. The quantitative estimate of drug-likeness (QED) is 0.408. The lowest BCUT2D eigenvalue weighted by Gasteiger charge is -2.34. The number of anilines is 1. The van der Waals surface area contributed by atoms with Crippen LogP contribution in [0.3, 0.4) is 0 Å². The van der Waals surface area contributed by atoms with Crippen molar-refractivity contribution in [2.75, 3.05) is 52.2 Å². The van der Waals surface area contributed by atoms with E-state index < -0.39 is 0 Å². The van der Waals surface area contributed by atoms with Crippen LogP contribution in [0.15, 0.2) is 55.0 Å². The van der Waals surface area contributed by atoms with Crippen LogP contribution in [0.25, 0.3) is 44.5 Å². The molecular weight excluding hydrogens is 436 g/mol. The van der Waals surface area contributed by atoms with E-state index in [-0.39, 0.29) is 0 Å². The molecule has 35 heavy (non-hydrogen) atoms. The van der Waals surface area contributed by atoms with Crippen LogP contribution < -0.4 is 4.90 Å². The summed E-state index contributed by atoms with van der Waals surface area (Å²) in [5.41, 5.74) is 8.29. The third-order valence-corrected chi connectivity index (χ3v) is 6.78. The van der Waals surface area contributed by atoms with Gasteiger partial charge >= 0.3 is 0 Å². The van der Waals surface area contributed by atoms with Gasteiger partial charge in [-0.2, -0.15) is 5.10 Å². The fraction of sp³-hybridized carbons (Fsp3) is 0.296. The van der Waals surface area contributed by atoms with E-state index in [0.717, 1.165) is 77.4 Å². The van der Waals surface area contributed by atoms with Gasteiger partial charge in [-0.05, 0) is 57.0 Å². The highest BCUT2D eigenvalue weighted by molar-refractivity contribution is 6.00. The van der Waals surface area contributed by atoms with E-state index in [2.05, 4.69) is 97.4 Å². The van der Waals surface area contributed by atoms with Crippen molar-refractivity contribution in [1.29, 1.82) is 0 Å². The number of rotatable bonds is 5. The molecule has 0 aliphatic carbocycles. The molecule has 1 aliphatic heterocycles. The molecule has 0 bridgehead atoms. The molecule has 178 valence electrons. The van der Waals surface area contributed by atoms with Crippen LogP contribution in [0.5, 0.6) is 0 Å². The standard InChI is InChI=1S/C27H30N8/c1-33(2)17-18-11-19(15-28-14-18)23-13-21-25(16-29-23)31-32-27(21)24-12-20-22(30-24)5-4-6-26(20)35-9-7-34(3)8-10-35/h4-6,11-16,30H,7-10,17H2,1-3H3,(H,31,32). The molecule has 1 fully saturated rings. The third kappa shape index (κ3) is 4.15. The summed E-state index contributed by atoms with van der Waals surface area (Å²) in [6.07, 6.45) is 5.64. The molecule has 1 saturated heterocycles. The summed E-state index contributed by atoms with van der Waals surface area (Å²) in [7, 11) is 6.31. The number of likely N-dealkylation sites (N-methyl/N-ethyl adjacent to an activating group) is 1. The Labute approximate surface area is 204 Å². The second kappa shape index (κ2) is 8.79. The van der Waals surface area contributed by atoms with Gasteiger partial charge in [0, 0.05) is 72.7 Å². The number of nitrogens with one attached hydrogen (secondary N) is 2. The van der Waals surface area contributed by atoms with Gasteiger partial charge in [0.25, 0.3) is 0 Å². The summed E-state index contributed by atoms with van der Waals surface area (Å²) < 4.78 is 0. The third-order valence-electron chi connectivity index (χ3n) is 6.78. The fourth-order valence-corrected chi connectivity index (χ4v) is 4.95. The van der Waals surface area contributed by atoms with Gasteiger partial charge in [-0.3, -0.25) is 15.1 Å². The van der Waals surface area contributed by atoms with E-state index in [1.54, 1.807) is 0 Å². The number of pyridine rings is 2. The Kier molecular flexibility index (Phi) is 5.47. The number of hydrogen-bond acceptors (Lipinski definition) is 6. The Hall–Kier alpha value is -3.75. The Bertz CT molecular complexity index is 1490. The molecule has 0 unspecified atom stereocenters. The molecule has 6 rings (SSSR count). The van der Waals surface area contributed by atoms with Crippen LogP contribution in [0.2, 0.25) is 0 Å². The monoisotopic (exact) mass is 466 g/mol. The fourth-order valence-electron chi connectivity index (χ4n) is 4.95. The predicted octanol–water partition coefficient (Wildman–Crippen LogP) is 3.98. The van der Waals surface area contributed by atoms with Crippen molar-refractivity contribution < 1.29 is 0 Å². The number of aromatic nitrogens is 5. The smallest absolute Gasteiger partial charge is 0.116 e. The maximum atomic E-state index is 4.68. The Balaban J connectivity index is 1.39. The van der Waals surface area contributed by atoms with Crippen molar-refractivity contribution in [2.24, 2.45) is 0 Å². The normalized spacial score (nSPS) is 15.0. The summed E-state index contributed by atoms with van der Waals surface area (Å²) in [6.45, 7) is 5.08. The number of hydrogen-bond donors (Lipinski definition) is 2. The molecule has 0 atom stereocenters. The molecule has 0 radical (unpaired) electrons. The highest BCUT2D eigenvalue weighted by Crippen LogP contribution is 2.34. The van der Waals surface area contributed by atoms with Crippen LogP contribution in [-0.4, -0.2) is 82.3 Å². The van der Waals surface area contributed by atoms with Gasteiger partial charge in [0.05, 0.1) is 23.1 Å². The molecule has 4 aromatic heterocycles. The summed E-state index contributed by atoms with van der Waals surface area (Å²) >= 11 is 0. The zero-order valence-electron chi connectivity index (χ0n) is 20.4. The van der Waals surface area contributed by atoms with Crippen LogP contribution in [-0.2, 0) is 6.54 Å². The summed E-state index contributed by atoms with van der Waals surface area (Å²) in [5, 5.41) is 10.1. The average Bonchev–Trinajstić information content (AvgIpc) is 3.48. The van der Waals surface area contributed by atoms with E-state index in [9.17, 15) is 0 Å². The lowest BCUT2D eigenvalue weighted by Crippen LogP contribution is -2.44. The maximum absolute atomic E-state index is 4.68. The van der Waals surface area contributed by atoms with Crippen molar-refractivity contribution in [3.05, 3.63) is 60.6 Å². The van der Waals surface area contributed by atoms with Gasteiger partial charge in [0.2, 0.25) is 0 Å². The van der Waals surface area contributed by atoms with Gasteiger partial charge in [-0.15, -0.1) is 0 Å². The number of fused-ring (bicyclic) bond motifs is 2. The first-order valence-corrected chi connectivity index (χ1v) is 12.0. The molecule has 2 N–H and O–H groups in total. The van der Waals surface area contributed by atoms with E-state index in [4.69, 9.17) is 0 Å². The minimum absolute atomic E-state index is 0.838. The Morgan fingerprint density at radius 2 is 1.80 bits per heavy atom. The minimum Gasteiger partial charge on any atom is -0.368 e. The van der Waals surface area contributed by atoms with Crippen molar-refractivity contribution in [2.45, 2.75) is 6.54 Å². The van der Waals surface area contributed by atoms with Gasteiger partial charge in [0.15, 0.2) is 0 Å². The van der Waals surface area contributed by atoms with Gasteiger partial charge < -0.3 is 19.7 Å². The van der Waals surface area contributed by atoms with E-state index in [0.29, 0.717) is 0 Å². The summed E-state index contributed by atoms with van der Waals surface area (Å²) in [5.74, 6) is 0. The van der Waals surface area contributed by atoms with Crippen LogP contribution in [0, 0.1) is 0 Å². The first-order chi connectivity index (χ1) is 17.0. The van der Waals surface area contributed by atoms with Crippen molar-refractivity contribution in [3.8, 4) is 22.6 Å². The molecule has 8 nitrogen and oxygen atoms in total. The van der Waals surface area contributed by atoms with Crippen LogP contribution in [0.4, 0.5) is 5.69 Å². The van der Waals surface area contributed by atoms with Crippen LogP contribution >= 0.6 is 0 Å². The van der Waals surface area contributed by atoms with Crippen molar-refractivity contribution >= 4 is 27.5 Å². The number of benzene rings is 1. The Morgan fingerprint density at radius 1 is 0.943 bits per heavy atom.